The van der Waals surface area contributed by atoms with Gasteiger partial charge in [0.2, 0.25) is 0 Å². The van der Waals surface area contributed by atoms with E-state index in [1.807, 2.05) is 0 Å². The lowest BCUT2D eigenvalue weighted by Crippen LogP contribution is -1.95. The Morgan fingerprint density at radius 2 is 2.67 bits per heavy atom. The predicted molar refractivity (Wildman–Crippen MR) is 33.5 cm³/mol. The van der Waals surface area contributed by atoms with Gasteiger partial charge in [-0.3, -0.25) is 4.55 Å². The number of hydrogen-bond acceptors (Lipinski definition) is 4. The second-order valence-corrected chi connectivity index (χ2v) is 2.56. The molecule has 0 fully saturated rings. The van der Waals surface area contributed by atoms with E-state index in [0.717, 1.165) is 11.3 Å². The van der Waals surface area contributed by atoms with E-state index in [4.69, 9.17) is 4.55 Å². The normalized spacial score (nSPS) is 13.0. The Hall–Kier alpha value is -0.460. The molecule has 4 nitrogen and oxygen atoms in total. The summed E-state index contributed by atoms with van der Waals surface area (Å²) in [5.74, 6) is 0. The highest BCUT2D eigenvalue weighted by molar-refractivity contribution is 7.74. The van der Waals surface area contributed by atoms with Crippen LogP contribution in [-0.4, -0.2) is 13.7 Å². The van der Waals surface area contributed by atoms with E-state index in [2.05, 4.69) is 9.17 Å². The molecule has 0 aliphatic carbocycles. The third kappa shape index (κ3) is 2.08. The van der Waals surface area contributed by atoms with Crippen molar-refractivity contribution in [2.75, 3.05) is 0 Å². The number of aromatic nitrogens is 1. The maximum Gasteiger partial charge on any atom is 0.359 e. The molecule has 0 spiro atoms. The van der Waals surface area contributed by atoms with Crippen LogP contribution in [0.4, 0.5) is 0 Å². The highest BCUT2D eigenvalue weighted by atomic mass is 32.2. The van der Waals surface area contributed by atoms with Crippen molar-refractivity contribution in [3.8, 4) is 5.19 Å². The zero-order valence-corrected chi connectivity index (χ0v) is 5.82. The zero-order valence-electron chi connectivity index (χ0n) is 4.18. The standard InChI is InChI=1S/C3H3NO3S2/c5-9(6)7-3-4-1-2-8-3/h1-2H,(H,5,6). The van der Waals surface area contributed by atoms with Gasteiger partial charge >= 0.3 is 11.4 Å². The summed E-state index contributed by atoms with van der Waals surface area (Å²) < 4.78 is 22.4. The number of rotatable bonds is 2. The maximum absolute atomic E-state index is 9.92. The molecule has 0 aliphatic heterocycles. The van der Waals surface area contributed by atoms with Crippen molar-refractivity contribution in [3.05, 3.63) is 11.6 Å². The topological polar surface area (TPSA) is 59.4 Å². The van der Waals surface area contributed by atoms with Gasteiger partial charge in [0.15, 0.2) is 0 Å². The van der Waals surface area contributed by atoms with Gasteiger partial charge in [-0.05, 0) is 0 Å². The Kier molecular flexibility index (Phi) is 2.15. The number of nitrogens with zero attached hydrogens (tertiary/aromatic N) is 1. The molecule has 50 valence electrons. The quantitative estimate of drug-likeness (QED) is 0.654. The van der Waals surface area contributed by atoms with Gasteiger partial charge < -0.3 is 4.18 Å². The summed E-state index contributed by atoms with van der Waals surface area (Å²) in [5, 5.41) is 1.86. The van der Waals surface area contributed by atoms with Crippen LogP contribution < -0.4 is 4.18 Å². The SMILES string of the molecule is O=S(O)Oc1nccs1. The van der Waals surface area contributed by atoms with Gasteiger partial charge in [0.25, 0.3) is 5.19 Å². The average molecular weight is 165 g/mol. The Bertz CT molecular complexity index is 197. The minimum Gasteiger partial charge on any atom is -0.349 e. The molecular formula is C3H3NO3S2. The maximum atomic E-state index is 9.92. The lowest BCUT2D eigenvalue weighted by Gasteiger charge is -1.88. The van der Waals surface area contributed by atoms with Crippen LogP contribution in [0.5, 0.6) is 5.19 Å². The van der Waals surface area contributed by atoms with E-state index in [1.165, 1.54) is 6.20 Å². The summed E-state index contributed by atoms with van der Waals surface area (Å²) in [4.78, 5) is 3.60. The van der Waals surface area contributed by atoms with Crippen molar-refractivity contribution in [2.45, 2.75) is 0 Å². The number of thiazole rings is 1. The minimum absolute atomic E-state index is 0.204. The molecular weight excluding hydrogens is 162 g/mol. The van der Waals surface area contributed by atoms with Crippen molar-refractivity contribution in [2.24, 2.45) is 0 Å². The first-order chi connectivity index (χ1) is 4.29. The van der Waals surface area contributed by atoms with E-state index >= 15 is 0 Å². The molecule has 1 unspecified atom stereocenters. The van der Waals surface area contributed by atoms with Crippen LogP contribution in [0.1, 0.15) is 0 Å². The Labute approximate surface area is 58.0 Å². The fraction of sp³-hybridized carbons (Fsp3) is 0. The summed E-state index contributed by atoms with van der Waals surface area (Å²) in [5.41, 5.74) is 0. The van der Waals surface area contributed by atoms with Crippen molar-refractivity contribution >= 4 is 22.7 Å². The number of hydrogen-bond donors (Lipinski definition) is 1. The van der Waals surface area contributed by atoms with E-state index < -0.39 is 11.4 Å². The fourth-order valence-electron chi connectivity index (χ4n) is 0.312. The lowest BCUT2D eigenvalue weighted by atomic mass is 11.0. The summed E-state index contributed by atoms with van der Waals surface area (Å²) in [6.07, 6.45) is 1.49. The van der Waals surface area contributed by atoms with Crippen LogP contribution in [0.3, 0.4) is 0 Å². The Morgan fingerprint density at radius 1 is 1.89 bits per heavy atom. The molecule has 1 aromatic rings. The van der Waals surface area contributed by atoms with E-state index in [9.17, 15) is 4.21 Å². The van der Waals surface area contributed by atoms with Crippen molar-refractivity contribution in [1.29, 1.82) is 0 Å². The third-order valence-corrected chi connectivity index (χ3v) is 1.61. The predicted octanol–water partition coefficient (Wildman–Crippen LogP) is 0.659. The van der Waals surface area contributed by atoms with Crippen molar-refractivity contribution < 1.29 is 12.9 Å². The molecule has 0 saturated carbocycles. The second kappa shape index (κ2) is 2.90. The molecule has 1 aromatic heterocycles. The second-order valence-electron chi connectivity index (χ2n) is 1.10. The van der Waals surface area contributed by atoms with Crippen LogP contribution in [0.2, 0.25) is 0 Å². The van der Waals surface area contributed by atoms with Crippen LogP contribution in [-0.2, 0) is 11.4 Å². The first-order valence-corrected chi connectivity index (χ1v) is 3.89. The summed E-state index contributed by atoms with van der Waals surface area (Å²) >= 11 is -1.08. The minimum atomic E-state index is -2.25. The Balaban J connectivity index is 2.58. The molecule has 0 radical (unpaired) electrons. The van der Waals surface area contributed by atoms with Crippen LogP contribution in [0.25, 0.3) is 0 Å². The largest absolute Gasteiger partial charge is 0.359 e. The van der Waals surface area contributed by atoms with Crippen LogP contribution in [0, 0.1) is 0 Å². The summed E-state index contributed by atoms with van der Waals surface area (Å²) in [6, 6.07) is 0. The van der Waals surface area contributed by atoms with Gasteiger partial charge in [-0.25, -0.2) is 4.98 Å². The molecule has 1 rings (SSSR count). The van der Waals surface area contributed by atoms with Gasteiger partial charge in [-0.15, -0.1) is 0 Å². The summed E-state index contributed by atoms with van der Waals surface area (Å²) in [6.45, 7) is 0. The molecule has 0 aliphatic rings. The molecule has 6 heteroatoms. The third-order valence-electron chi connectivity index (χ3n) is 0.552. The highest BCUT2D eigenvalue weighted by Crippen LogP contribution is 2.13. The lowest BCUT2D eigenvalue weighted by molar-refractivity contribution is 0.456. The van der Waals surface area contributed by atoms with Crippen molar-refractivity contribution in [1.82, 2.24) is 4.98 Å². The molecule has 0 aromatic carbocycles. The van der Waals surface area contributed by atoms with Gasteiger partial charge in [0.05, 0.1) is 0 Å². The van der Waals surface area contributed by atoms with Crippen LogP contribution in [0.15, 0.2) is 11.6 Å². The monoisotopic (exact) mass is 165 g/mol. The molecule has 0 bridgehead atoms. The molecule has 0 saturated heterocycles. The van der Waals surface area contributed by atoms with Crippen LogP contribution >= 0.6 is 11.3 Å². The molecule has 1 heterocycles. The first-order valence-electron chi connectivity index (χ1n) is 1.97. The Morgan fingerprint density at radius 3 is 3.11 bits per heavy atom. The highest BCUT2D eigenvalue weighted by Gasteiger charge is 1.97. The van der Waals surface area contributed by atoms with E-state index in [-0.39, 0.29) is 5.19 Å². The van der Waals surface area contributed by atoms with Crippen molar-refractivity contribution in [3.63, 3.8) is 0 Å². The summed E-state index contributed by atoms with van der Waals surface area (Å²) in [7, 11) is 0. The van der Waals surface area contributed by atoms with Gasteiger partial charge in [-0.2, -0.15) is 4.21 Å². The van der Waals surface area contributed by atoms with Gasteiger partial charge in [0, 0.05) is 11.6 Å². The molecule has 1 N–H and O–H groups in total. The van der Waals surface area contributed by atoms with E-state index in [1.54, 1.807) is 5.38 Å². The zero-order chi connectivity index (χ0) is 6.69. The molecule has 1 atom stereocenters. The first kappa shape index (κ1) is 6.66. The fourth-order valence-corrected chi connectivity index (χ4v) is 1.17. The van der Waals surface area contributed by atoms with Gasteiger partial charge in [-0.1, -0.05) is 11.3 Å². The molecule has 9 heavy (non-hydrogen) atoms. The average Bonchev–Trinajstić information content (AvgIpc) is 2.15. The van der Waals surface area contributed by atoms with Gasteiger partial charge in [0.1, 0.15) is 0 Å². The van der Waals surface area contributed by atoms with E-state index in [0.29, 0.717) is 0 Å². The molecule has 0 amide bonds. The smallest absolute Gasteiger partial charge is 0.349 e.